The van der Waals surface area contributed by atoms with Gasteiger partial charge in [-0.25, -0.2) is 0 Å². The maximum absolute atomic E-state index is 13.3. The number of aryl methyl sites for hydroxylation is 1. The van der Waals surface area contributed by atoms with Crippen LogP contribution in [0.4, 0.5) is 26.3 Å². The van der Waals surface area contributed by atoms with Crippen LogP contribution < -0.4 is 0 Å². The van der Waals surface area contributed by atoms with Gasteiger partial charge in [-0.15, -0.1) is 0 Å². The van der Waals surface area contributed by atoms with Gasteiger partial charge >= 0.3 is 219 Å². The van der Waals surface area contributed by atoms with Gasteiger partial charge in [0.2, 0.25) is 0 Å². The van der Waals surface area contributed by atoms with Crippen molar-refractivity contribution in [2.45, 2.75) is 80.4 Å². The number of benzene rings is 2. The zero-order valence-corrected chi connectivity index (χ0v) is 22.6. The minimum absolute atomic E-state index is 0.100. The average molecular weight is 582 g/mol. The number of hydrogen-bond donors (Lipinski definition) is 0. The monoisotopic (exact) mass is 582 g/mol. The van der Waals surface area contributed by atoms with Crippen molar-refractivity contribution in [2.75, 3.05) is 0 Å². The molecule has 9 heteroatoms. The van der Waals surface area contributed by atoms with Gasteiger partial charge in [0.05, 0.1) is 0 Å². The standard InChI is InChI=1S/C28H29AsF6N2/c1-2-18-4-3-5-19-12-20(25(36-26(18)19)16-37(23-6-7-23)24-8-9-24)15-29-14-17-10-21(27(30,31)32)13-22(11-17)28(33,34)35/h3-5,10-13,23-24,29H,2,6-9,14-16H2,1H3. The summed E-state index contributed by atoms with van der Waals surface area (Å²) >= 11 is -0.895. The summed E-state index contributed by atoms with van der Waals surface area (Å²) in [6.45, 7) is 2.85. The van der Waals surface area contributed by atoms with Gasteiger partial charge in [0, 0.05) is 0 Å². The Morgan fingerprint density at radius 3 is 2.00 bits per heavy atom. The summed E-state index contributed by atoms with van der Waals surface area (Å²) in [5.74, 6) is 0. The predicted octanol–water partition coefficient (Wildman–Crippen LogP) is 7.10. The van der Waals surface area contributed by atoms with Crippen LogP contribution in [0.1, 0.15) is 66.1 Å². The van der Waals surface area contributed by atoms with E-state index in [0.29, 0.717) is 17.3 Å². The molecule has 1 atom stereocenters. The number of hydrogen-bond acceptors (Lipinski definition) is 2. The summed E-state index contributed by atoms with van der Waals surface area (Å²) in [5, 5.41) is 1.94. The molecule has 0 bridgehead atoms. The Morgan fingerprint density at radius 1 is 0.838 bits per heavy atom. The van der Waals surface area contributed by atoms with E-state index >= 15 is 0 Å². The predicted molar refractivity (Wildman–Crippen MR) is 134 cm³/mol. The Morgan fingerprint density at radius 2 is 1.46 bits per heavy atom. The molecule has 2 nitrogen and oxygen atoms in total. The number of halogens is 6. The number of para-hydroxylation sites is 1. The van der Waals surface area contributed by atoms with E-state index < -0.39 is 39.2 Å². The van der Waals surface area contributed by atoms with Crippen molar-refractivity contribution in [3.63, 3.8) is 0 Å². The van der Waals surface area contributed by atoms with Crippen molar-refractivity contribution < 1.29 is 26.3 Å². The van der Waals surface area contributed by atoms with Crippen molar-refractivity contribution in [1.29, 1.82) is 0 Å². The molecule has 2 aliphatic rings. The van der Waals surface area contributed by atoms with Gasteiger partial charge in [0.1, 0.15) is 0 Å². The van der Waals surface area contributed by atoms with E-state index in [1.807, 2.05) is 12.1 Å². The second kappa shape index (κ2) is 10.3. The molecular formula is C28H29AsF6N2. The van der Waals surface area contributed by atoms with Gasteiger partial charge < -0.3 is 0 Å². The van der Waals surface area contributed by atoms with E-state index in [0.717, 1.165) is 47.3 Å². The number of fused-ring (bicyclic) bond motifs is 1. The second-order valence-corrected chi connectivity index (χ2v) is 12.6. The molecule has 0 aliphatic heterocycles. The SMILES string of the molecule is CCc1cccc2cc(C[AsH]Cc3cc(C(F)(F)F)cc(C(F)(F)F)c3)c(CN(C3CC3)C3CC3)nc12. The van der Waals surface area contributed by atoms with Crippen molar-refractivity contribution in [3.8, 4) is 0 Å². The van der Waals surface area contributed by atoms with Gasteiger partial charge in [0.15, 0.2) is 0 Å². The van der Waals surface area contributed by atoms with Crippen LogP contribution >= 0.6 is 0 Å². The molecule has 198 valence electrons. The molecule has 0 saturated heterocycles. The minimum atomic E-state index is -4.82. The van der Waals surface area contributed by atoms with Gasteiger partial charge in [-0.05, 0) is 0 Å². The van der Waals surface area contributed by atoms with Crippen LogP contribution in [0, 0.1) is 0 Å². The second-order valence-electron chi connectivity index (χ2n) is 10.1. The molecule has 2 fully saturated rings. The van der Waals surface area contributed by atoms with Crippen LogP contribution in [0.25, 0.3) is 10.9 Å². The summed E-state index contributed by atoms with van der Waals surface area (Å²) in [6.07, 6.45) is -3.98. The fourth-order valence-electron chi connectivity index (χ4n) is 4.92. The summed E-state index contributed by atoms with van der Waals surface area (Å²) in [6, 6.07) is 11.4. The van der Waals surface area contributed by atoms with E-state index in [-0.39, 0.29) is 16.8 Å². The molecule has 3 aromatic rings. The third-order valence-electron chi connectivity index (χ3n) is 7.14. The Kier molecular flexibility index (Phi) is 7.36. The first-order valence-electron chi connectivity index (χ1n) is 12.7. The Labute approximate surface area is 219 Å². The van der Waals surface area contributed by atoms with Crippen LogP contribution in [-0.2, 0) is 35.7 Å². The zero-order valence-electron chi connectivity index (χ0n) is 20.5. The average Bonchev–Trinajstić information content (AvgIpc) is 3.75. The van der Waals surface area contributed by atoms with Crippen molar-refractivity contribution in [2.24, 2.45) is 0 Å². The van der Waals surface area contributed by atoms with Gasteiger partial charge in [-0.1, -0.05) is 0 Å². The van der Waals surface area contributed by atoms with E-state index in [4.69, 9.17) is 4.98 Å². The van der Waals surface area contributed by atoms with Crippen molar-refractivity contribution in [1.82, 2.24) is 9.88 Å². The van der Waals surface area contributed by atoms with Gasteiger partial charge in [-0.2, -0.15) is 0 Å². The number of aromatic nitrogens is 1. The fourth-order valence-corrected chi connectivity index (χ4v) is 7.43. The van der Waals surface area contributed by atoms with E-state index in [1.54, 1.807) is 0 Å². The van der Waals surface area contributed by atoms with E-state index in [9.17, 15) is 26.3 Å². The van der Waals surface area contributed by atoms with Crippen molar-refractivity contribution >= 4 is 26.7 Å². The normalized spacial score (nSPS) is 17.0. The van der Waals surface area contributed by atoms with Crippen LogP contribution in [0.3, 0.4) is 0 Å². The number of rotatable bonds is 9. The molecular weight excluding hydrogens is 553 g/mol. The Balaban J connectivity index is 1.41. The molecule has 1 heterocycles. The quantitative estimate of drug-likeness (QED) is 0.198. The first-order valence-corrected chi connectivity index (χ1v) is 15.6. The van der Waals surface area contributed by atoms with E-state index in [1.165, 1.54) is 31.2 Å². The fraction of sp³-hybridized carbons (Fsp3) is 0.464. The van der Waals surface area contributed by atoms with Crippen LogP contribution in [0.5, 0.6) is 0 Å². The molecule has 0 spiro atoms. The molecule has 0 radical (unpaired) electrons. The Bertz CT molecular complexity index is 1230. The van der Waals surface area contributed by atoms with Crippen LogP contribution in [0.2, 0.25) is 0 Å². The molecule has 0 N–H and O–H groups in total. The topological polar surface area (TPSA) is 16.1 Å². The zero-order chi connectivity index (χ0) is 26.4. The molecule has 37 heavy (non-hydrogen) atoms. The summed E-state index contributed by atoms with van der Waals surface area (Å²) < 4.78 is 79.7. The summed E-state index contributed by atoms with van der Waals surface area (Å²) in [5.41, 5.74) is 1.87. The van der Waals surface area contributed by atoms with Gasteiger partial charge in [-0.3, -0.25) is 0 Å². The van der Waals surface area contributed by atoms with Crippen molar-refractivity contribution in [3.05, 3.63) is 76.0 Å². The van der Waals surface area contributed by atoms with Gasteiger partial charge in [0.25, 0.3) is 0 Å². The summed E-state index contributed by atoms with van der Waals surface area (Å²) in [4.78, 5) is 7.66. The molecule has 2 saturated carbocycles. The summed E-state index contributed by atoms with van der Waals surface area (Å²) in [7, 11) is 0. The van der Waals surface area contributed by atoms with Crippen LogP contribution in [0.15, 0.2) is 42.5 Å². The third-order valence-corrected chi connectivity index (χ3v) is 9.84. The number of nitrogens with zero attached hydrogens (tertiary/aromatic N) is 2. The first kappa shape index (κ1) is 26.6. The number of alkyl halides is 6. The Hall–Kier alpha value is -2.05. The van der Waals surface area contributed by atoms with E-state index in [2.05, 4.69) is 24.0 Å². The maximum atomic E-state index is 13.3. The third kappa shape index (κ3) is 6.34. The number of pyridine rings is 1. The van der Waals surface area contributed by atoms with Crippen LogP contribution in [-0.4, -0.2) is 37.7 Å². The molecule has 2 aliphatic carbocycles. The molecule has 5 rings (SSSR count). The molecule has 0 amide bonds. The molecule has 1 aromatic heterocycles. The molecule has 1 unspecified atom stereocenters. The molecule has 2 aromatic carbocycles. The first-order chi connectivity index (χ1) is 17.5.